The van der Waals surface area contributed by atoms with Gasteiger partial charge in [0.25, 0.3) is 0 Å². The normalized spacial score (nSPS) is 11.1. The zero-order valence-corrected chi connectivity index (χ0v) is 16.8. The molecule has 5 aromatic rings. The first-order chi connectivity index (χ1) is 14.7. The summed E-state index contributed by atoms with van der Waals surface area (Å²) < 4.78 is 7.38. The molecule has 2 aromatic heterocycles. The highest BCUT2D eigenvalue weighted by molar-refractivity contribution is 5.93. The van der Waals surface area contributed by atoms with Gasteiger partial charge in [-0.1, -0.05) is 54.1 Å². The summed E-state index contributed by atoms with van der Waals surface area (Å²) in [6.45, 7) is 2.72. The number of hydrogen-bond donors (Lipinski definition) is 1. The van der Waals surface area contributed by atoms with Gasteiger partial charge in [-0.2, -0.15) is 0 Å². The maximum Gasteiger partial charge on any atom is 0.211 e. The van der Waals surface area contributed by atoms with Crippen LogP contribution in [-0.4, -0.2) is 26.7 Å². The van der Waals surface area contributed by atoms with Gasteiger partial charge in [0.1, 0.15) is 5.75 Å². The smallest absolute Gasteiger partial charge is 0.211 e. The Labute approximate surface area is 174 Å². The van der Waals surface area contributed by atoms with Crippen molar-refractivity contribution in [2.24, 2.45) is 0 Å². The molecule has 0 fully saturated rings. The molecule has 0 aliphatic carbocycles. The number of aryl methyl sites for hydroxylation is 1. The third-order valence-corrected chi connectivity index (χ3v) is 5.12. The van der Waals surface area contributed by atoms with E-state index in [1.165, 1.54) is 5.56 Å². The molecule has 148 valence electrons. The molecule has 6 nitrogen and oxygen atoms in total. The molecule has 0 bridgehead atoms. The Hall–Kier alpha value is -3.93. The standard InChI is InChI=1S/C24H21N5O/c1-16-11-12-21-20(13-16)23-28-27-22(18-9-6-10-19(14-18)30-2)29(23)24(26-21)25-15-17-7-4-3-5-8-17/h3-14H,15H2,1-2H3,(H,25,26). The Balaban J connectivity index is 1.71. The van der Waals surface area contributed by atoms with Gasteiger partial charge in [-0.15, -0.1) is 10.2 Å². The van der Waals surface area contributed by atoms with Crippen molar-refractivity contribution in [2.75, 3.05) is 12.4 Å². The second-order valence-electron chi connectivity index (χ2n) is 7.21. The summed E-state index contributed by atoms with van der Waals surface area (Å²) in [6, 6.07) is 24.3. The van der Waals surface area contributed by atoms with Crippen LogP contribution in [0.15, 0.2) is 72.8 Å². The fourth-order valence-electron chi connectivity index (χ4n) is 3.59. The summed E-state index contributed by atoms with van der Waals surface area (Å²) in [5.41, 5.74) is 4.90. The Morgan fingerprint density at radius 1 is 0.933 bits per heavy atom. The average Bonchev–Trinajstić information content (AvgIpc) is 3.24. The van der Waals surface area contributed by atoms with Crippen LogP contribution < -0.4 is 10.1 Å². The Morgan fingerprint density at radius 2 is 1.80 bits per heavy atom. The van der Waals surface area contributed by atoms with Crippen molar-refractivity contribution in [3.8, 4) is 17.1 Å². The van der Waals surface area contributed by atoms with Crippen molar-refractivity contribution in [3.05, 3.63) is 83.9 Å². The monoisotopic (exact) mass is 395 g/mol. The van der Waals surface area contributed by atoms with Crippen molar-refractivity contribution in [1.29, 1.82) is 0 Å². The SMILES string of the molecule is COc1cccc(-c2nnc3c4cc(C)ccc4nc(NCc4ccccc4)n23)c1. The van der Waals surface area contributed by atoms with Crippen molar-refractivity contribution in [3.63, 3.8) is 0 Å². The largest absolute Gasteiger partial charge is 0.497 e. The lowest BCUT2D eigenvalue weighted by molar-refractivity contribution is 0.415. The van der Waals surface area contributed by atoms with Crippen LogP contribution in [0, 0.1) is 6.92 Å². The van der Waals surface area contributed by atoms with Crippen molar-refractivity contribution >= 4 is 22.5 Å². The van der Waals surface area contributed by atoms with Gasteiger partial charge in [0.05, 0.1) is 12.6 Å². The van der Waals surface area contributed by atoms with E-state index in [1.807, 2.05) is 52.9 Å². The summed E-state index contributed by atoms with van der Waals surface area (Å²) in [5, 5.41) is 13.5. The number of anilines is 1. The number of fused-ring (bicyclic) bond motifs is 3. The van der Waals surface area contributed by atoms with Gasteiger partial charge in [0.2, 0.25) is 5.95 Å². The van der Waals surface area contributed by atoms with Crippen molar-refractivity contribution in [1.82, 2.24) is 19.6 Å². The van der Waals surface area contributed by atoms with Crippen molar-refractivity contribution in [2.45, 2.75) is 13.5 Å². The molecule has 0 atom stereocenters. The number of rotatable bonds is 5. The maximum atomic E-state index is 5.40. The number of methoxy groups -OCH3 is 1. The summed E-state index contributed by atoms with van der Waals surface area (Å²) in [5.74, 6) is 2.19. The third kappa shape index (κ3) is 3.22. The van der Waals surface area contributed by atoms with E-state index in [1.54, 1.807) is 7.11 Å². The lowest BCUT2D eigenvalue weighted by atomic mass is 10.1. The number of aromatic nitrogens is 4. The lowest BCUT2D eigenvalue weighted by Crippen LogP contribution is -2.08. The molecule has 0 aliphatic heterocycles. The molecule has 0 aliphatic rings. The molecule has 3 aromatic carbocycles. The highest BCUT2D eigenvalue weighted by atomic mass is 16.5. The molecule has 6 heteroatoms. The van der Waals surface area contributed by atoms with E-state index < -0.39 is 0 Å². The number of benzene rings is 3. The van der Waals surface area contributed by atoms with E-state index in [4.69, 9.17) is 9.72 Å². The van der Waals surface area contributed by atoms with Crippen LogP contribution >= 0.6 is 0 Å². The molecule has 1 N–H and O–H groups in total. The molecular weight excluding hydrogens is 374 g/mol. The molecular formula is C24H21N5O. The fourth-order valence-corrected chi connectivity index (χ4v) is 3.59. The van der Waals surface area contributed by atoms with Gasteiger partial charge in [-0.3, -0.25) is 0 Å². The van der Waals surface area contributed by atoms with E-state index >= 15 is 0 Å². The number of nitrogens with zero attached hydrogens (tertiary/aromatic N) is 4. The fraction of sp³-hybridized carbons (Fsp3) is 0.125. The Kier molecular flexibility index (Phi) is 4.52. The van der Waals surface area contributed by atoms with Crippen LogP contribution in [0.5, 0.6) is 5.75 Å². The number of ether oxygens (including phenoxy) is 1. The number of nitrogens with one attached hydrogen (secondary N) is 1. The second-order valence-corrected chi connectivity index (χ2v) is 7.21. The second kappa shape index (κ2) is 7.48. The minimum atomic E-state index is 0.649. The highest BCUT2D eigenvalue weighted by Crippen LogP contribution is 2.29. The Morgan fingerprint density at radius 3 is 2.63 bits per heavy atom. The minimum absolute atomic E-state index is 0.649. The zero-order chi connectivity index (χ0) is 20.5. The first-order valence-corrected chi connectivity index (χ1v) is 9.80. The Bertz CT molecular complexity index is 1340. The van der Waals surface area contributed by atoms with E-state index in [9.17, 15) is 0 Å². The zero-order valence-electron chi connectivity index (χ0n) is 16.8. The quantitative estimate of drug-likeness (QED) is 0.460. The van der Waals surface area contributed by atoms with Crippen LogP contribution in [0.1, 0.15) is 11.1 Å². The molecule has 0 saturated heterocycles. The summed E-state index contributed by atoms with van der Waals surface area (Å²) >= 11 is 0. The van der Waals surface area contributed by atoms with E-state index in [2.05, 4.69) is 46.7 Å². The van der Waals surface area contributed by atoms with Gasteiger partial charge in [0, 0.05) is 17.5 Å². The average molecular weight is 395 g/mol. The van der Waals surface area contributed by atoms with Gasteiger partial charge in [0.15, 0.2) is 11.5 Å². The van der Waals surface area contributed by atoms with Crippen LogP contribution in [-0.2, 0) is 6.54 Å². The minimum Gasteiger partial charge on any atom is -0.497 e. The van der Waals surface area contributed by atoms with Gasteiger partial charge >= 0.3 is 0 Å². The summed E-state index contributed by atoms with van der Waals surface area (Å²) in [4.78, 5) is 4.90. The summed E-state index contributed by atoms with van der Waals surface area (Å²) in [6.07, 6.45) is 0. The first kappa shape index (κ1) is 18.1. The molecule has 0 saturated carbocycles. The van der Waals surface area contributed by atoms with E-state index in [-0.39, 0.29) is 0 Å². The molecule has 2 heterocycles. The molecule has 30 heavy (non-hydrogen) atoms. The van der Waals surface area contributed by atoms with Crippen molar-refractivity contribution < 1.29 is 4.74 Å². The molecule has 0 unspecified atom stereocenters. The van der Waals surface area contributed by atoms with Crippen LogP contribution in [0.25, 0.3) is 27.9 Å². The van der Waals surface area contributed by atoms with Crippen LogP contribution in [0.2, 0.25) is 0 Å². The molecule has 5 rings (SSSR count). The van der Waals surface area contributed by atoms with E-state index in [0.29, 0.717) is 12.5 Å². The highest BCUT2D eigenvalue weighted by Gasteiger charge is 2.17. The van der Waals surface area contributed by atoms with Gasteiger partial charge in [-0.05, 0) is 36.8 Å². The molecule has 0 spiro atoms. The lowest BCUT2D eigenvalue weighted by Gasteiger charge is -2.12. The van der Waals surface area contributed by atoms with Gasteiger partial charge in [-0.25, -0.2) is 9.38 Å². The molecule has 0 radical (unpaired) electrons. The van der Waals surface area contributed by atoms with Crippen LogP contribution in [0.3, 0.4) is 0 Å². The molecule has 0 amide bonds. The topological polar surface area (TPSA) is 64.3 Å². The summed E-state index contributed by atoms with van der Waals surface area (Å²) in [7, 11) is 1.66. The number of hydrogen-bond acceptors (Lipinski definition) is 5. The maximum absolute atomic E-state index is 5.40. The van der Waals surface area contributed by atoms with Gasteiger partial charge < -0.3 is 10.1 Å². The predicted octanol–water partition coefficient (Wildman–Crippen LogP) is 4.87. The van der Waals surface area contributed by atoms with E-state index in [0.717, 1.165) is 39.3 Å². The first-order valence-electron chi connectivity index (χ1n) is 9.80. The van der Waals surface area contributed by atoms with Crippen LogP contribution in [0.4, 0.5) is 5.95 Å². The predicted molar refractivity (Wildman–Crippen MR) is 119 cm³/mol. The third-order valence-electron chi connectivity index (χ3n) is 5.12.